The Morgan fingerprint density at radius 2 is 2.26 bits per heavy atom. The van der Waals surface area contributed by atoms with Gasteiger partial charge in [0.15, 0.2) is 0 Å². The Hall–Kier alpha value is -1.39. The summed E-state index contributed by atoms with van der Waals surface area (Å²) in [6.45, 7) is 6.80. The predicted octanol–water partition coefficient (Wildman–Crippen LogP) is 2.14. The molecule has 1 atom stereocenters. The molecular formula is C15H22N4. The van der Waals surface area contributed by atoms with E-state index in [0.29, 0.717) is 6.04 Å². The fourth-order valence-corrected chi connectivity index (χ4v) is 2.89. The van der Waals surface area contributed by atoms with Gasteiger partial charge in [0.1, 0.15) is 5.65 Å². The lowest BCUT2D eigenvalue weighted by Crippen LogP contribution is -2.38. The number of likely N-dealkylation sites (tertiary alicyclic amines) is 1. The van der Waals surface area contributed by atoms with E-state index < -0.39 is 0 Å². The molecule has 1 fully saturated rings. The van der Waals surface area contributed by atoms with Crippen LogP contribution in [-0.2, 0) is 6.54 Å². The number of fused-ring (bicyclic) bond motifs is 1. The molecule has 0 aromatic carbocycles. The maximum absolute atomic E-state index is 4.32. The van der Waals surface area contributed by atoms with Gasteiger partial charge in [-0.05, 0) is 50.6 Å². The minimum atomic E-state index is 0.630. The van der Waals surface area contributed by atoms with Gasteiger partial charge >= 0.3 is 0 Å². The molecule has 0 radical (unpaired) electrons. The second-order valence-electron chi connectivity index (χ2n) is 5.44. The first-order valence-corrected chi connectivity index (χ1v) is 7.20. The molecule has 3 rings (SSSR count). The molecule has 3 heterocycles. The van der Waals surface area contributed by atoms with Crippen molar-refractivity contribution < 1.29 is 0 Å². The van der Waals surface area contributed by atoms with Gasteiger partial charge in [-0.15, -0.1) is 0 Å². The van der Waals surface area contributed by atoms with E-state index in [4.69, 9.17) is 0 Å². The summed E-state index contributed by atoms with van der Waals surface area (Å²) < 4.78 is 0. The van der Waals surface area contributed by atoms with Crippen LogP contribution in [-0.4, -0.2) is 40.5 Å². The van der Waals surface area contributed by atoms with Crippen LogP contribution >= 0.6 is 0 Å². The summed E-state index contributed by atoms with van der Waals surface area (Å²) in [7, 11) is 0. The van der Waals surface area contributed by atoms with Crippen LogP contribution in [0.3, 0.4) is 0 Å². The lowest BCUT2D eigenvalue weighted by atomic mass is 10.2. The van der Waals surface area contributed by atoms with Crippen molar-refractivity contribution in [3.63, 3.8) is 0 Å². The van der Waals surface area contributed by atoms with Crippen molar-refractivity contribution in [3.8, 4) is 0 Å². The highest BCUT2D eigenvalue weighted by atomic mass is 15.2. The summed E-state index contributed by atoms with van der Waals surface area (Å²) in [5.41, 5.74) is 2.28. The number of nitrogens with one attached hydrogen (secondary N) is 2. The molecule has 0 saturated carbocycles. The molecule has 1 aliphatic rings. The van der Waals surface area contributed by atoms with E-state index in [1.165, 1.54) is 36.9 Å². The molecule has 0 aliphatic carbocycles. The Balaban J connectivity index is 1.54. The van der Waals surface area contributed by atoms with Gasteiger partial charge in [0, 0.05) is 36.9 Å². The molecule has 1 saturated heterocycles. The third-order valence-electron chi connectivity index (χ3n) is 4.06. The largest absolute Gasteiger partial charge is 0.346 e. The van der Waals surface area contributed by atoms with Crippen molar-refractivity contribution >= 4 is 11.0 Å². The van der Waals surface area contributed by atoms with Crippen molar-refractivity contribution in [1.82, 2.24) is 20.2 Å². The first-order chi connectivity index (χ1) is 9.34. The molecular weight excluding hydrogens is 236 g/mol. The molecule has 1 aliphatic heterocycles. The number of aromatic amines is 1. The lowest BCUT2D eigenvalue weighted by Gasteiger charge is -2.23. The number of H-pyrrole nitrogens is 1. The van der Waals surface area contributed by atoms with Crippen molar-refractivity contribution in [3.05, 3.63) is 30.1 Å². The topological polar surface area (TPSA) is 44.0 Å². The summed E-state index contributed by atoms with van der Waals surface area (Å²) in [5, 5.41) is 4.79. The summed E-state index contributed by atoms with van der Waals surface area (Å²) >= 11 is 0. The van der Waals surface area contributed by atoms with Crippen molar-refractivity contribution in [2.45, 2.75) is 32.4 Å². The minimum Gasteiger partial charge on any atom is -0.346 e. The monoisotopic (exact) mass is 258 g/mol. The number of hydrogen-bond donors (Lipinski definition) is 2. The van der Waals surface area contributed by atoms with E-state index in [9.17, 15) is 0 Å². The van der Waals surface area contributed by atoms with E-state index in [0.717, 1.165) is 18.7 Å². The summed E-state index contributed by atoms with van der Waals surface area (Å²) in [4.78, 5) is 10.1. The summed E-state index contributed by atoms with van der Waals surface area (Å²) in [6, 6.07) is 4.75. The second-order valence-corrected chi connectivity index (χ2v) is 5.44. The standard InChI is InChI=1S/C15H22N4/c1-12(19-7-2-3-8-19)9-16-10-13-11-18-15-14(13)5-4-6-17-15/h4-6,11-12,16H,2-3,7-10H2,1H3,(H,17,18). The van der Waals surface area contributed by atoms with Crippen molar-refractivity contribution in [2.75, 3.05) is 19.6 Å². The molecule has 2 aromatic heterocycles. The Morgan fingerprint density at radius 1 is 1.42 bits per heavy atom. The molecule has 2 N–H and O–H groups in total. The van der Waals surface area contributed by atoms with E-state index in [1.54, 1.807) is 0 Å². The van der Waals surface area contributed by atoms with Crippen LogP contribution in [0.5, 0.6) is 0 Å². The molecule has 0 bridgehead atoms. The fourth-order valence-electron chi connectivity index (χ4n) is 2.89. The Labute approximate surface area is 114 Å². The van der Waals surface area contributed by atoms with Crippen LogP contribution in [0.2, 0.25) is 0 Å². The Kier molecular flexibility index (Phi) is 3.80. The van der Waals surface area contributed by atoms with Gasteiger partial charge < -0.3 is 10.3 Å². The molecule has 2 aromatic rings. The fraction of sp³-hybridized carbons (Fsp3) is 0.533. The zero-order chi connectivity index (χ0) is 13.1. The third-order valence-corrected chi connectivity index (χ3v) is 4.06. The smallest absolute Gasteiger partial charge is 0.137 e. The number of nitrogens with zero attached hydrogens (tertiary/aromatic N) is 2. The minimum absolute atomic E-state index is 0.630. The molecule has 4 heteroatoms. The molecule has 0 spiro atoms. The quantitative estimate of drug-likeness (QED) is 0.863. The van der Waals surface area contributed by atoms with E-state index in [2.05, 4.69) is 39.4 Å². The summed E-state index contributed by atoms with van der Waals surface area (Å²) in [5.74, 6) is 0. The third kappa shape index (κ3) is 2.80. The summed E-state index contributed by atoms with van der Waals surface area (Å²) in [6.07, 6.45) is 6.60. The normalized spacial score (nSPS) is 18.2. The zero-order valence-electron chi connectivity index (χ0n) is 11.5. The van der Waals surface area contributed by atoms with Crippen LogP contribution < -0.4 is 5.32 Å². The molecule has 0 amide bonds. The van der Waals surface area contributed by atoms with E-state index in [-0.39, 0.29) is 0 Å². The maximum Gasteiger partial charge on any atom is 0.137 e. The average molecular weight is 258 g/mol. The lowest BCUT2D eigenvalue weighted by molar-refractivity contribution is 0.252. The average Bonchev–Trinajstić information content (AvgIpc) is 3.08. The highest BCUT2D eigenvalue weighted by molar-refractivity contribution is 5.79. The molecule has 19 heavy (non-hydrogen) atoms. The van der Waals surface area contributed by atoms with Gasteiger partial charge in [-0.1, -0.05) is 0 Å². The van der Waals surface area contributed by atoms with Crippen molar-refractivity contribution in [2.24, 2.45) is 0 Å². The Morgan fingerprint density at radius 3 is 3.11 bits per heavy atom. The van der Waals surface area contributed by atoms with Gasteiger partial charge in [-0.25, -0.2) is 4.98 Å². The van der Waals surface area contributed by atoms with E-state index in [1.807, 2.05) is 12.3 Å². The van der Waals surface area contributed by atoms with Crippen LogP contribution in [0.25, 0.3) is 11.0 Å². The van der Waals surface area contributed by atoms with Crippen LogP contribution in [0.1, 0.15) is 25.3 Å². The first-order valence-electron chi connectivity index (χ1n) is 7.20. The van der Waals surface area contributed by atoms with Gasteiger partial charge in [0.2, 0.25) is 0 Å². The van der Waals surface area contributed by atoms with Gasteiger partial charge in [0.05, 0.1) is 0 Å². The molecule has 1 unspecified atom stereocenters. The van der Waals surface area contributed by atoms with Gasteiger partial charge in [0.25, 0.3) is 0 Å². The predicted molar refractivity (Wildman–Crippen MR) is 78.1 cm³/mol. The van der Waals surface area contributed by atoms with Crippen molar-refractivity contribution in [1.29, 1.82) is 0 Å². The number of aromatic nitrogens is 2. The highest BCUT2D eigenvalue weighted by Gasteiger charge is 2.17. The van der Waals surface area contributed by atoms with Gasteiger partial charge in [-0.2, -0.15) is 0 Å². The number of hydrogen-bond acceptors (Lipinski definition) is 3. The zero-order valence-corrected chi connectivity index (χ0v) is 11.5. The maximum atomic E-state index is 4.32. The molecule has 102 valence electrons. The number of pyridine rings is 1. The second kappa shape index (κ2) is 5.72. The van der Waals surface area contributed by atoms with Crippen LogP contribution in [0.15, 0.2) is 24.5 Å². The number of rotatable bonds is 5. The van der Waals surface area contributed by atoms with Gasteiger partial charge in [-0.3, -0.25) is 4.90 Å². The highest BCUT2D eigenvalue weighted by Crippen LogP contribution is 2.15. The van der Waals surface area contributed by atoms with Crippen LogP contribution in [0, 0.1) is 0 Å². The molecule has 4 nitrogen and oxygen atoms in total. The SMILES string of the molecule is CC(CNCc1c[nH]c2ncccc12)N1CCCC1. The first kappa shape index (κ1) is 12.6. The Bertz CT molecular complexity index is 528. The van der Waals surface area contributed by atoms with Crippen LogP contribution in [0.4, 0.5) is 0 Å². The van der Waals surface area contributed by atoms with E-state index >= 15 is 0 Å².